The first-order valence-corrected chi connectivity index (χ1v) is 9.30. The number of hydrogen-bond donors (Lipinski definition) is 2. The number of fused-ring (bicyclic) bond motifs is 1. The first kappa shape index (κ1) is 17.7. The molecular weight excluding hydrogens is 334 g/mol. The van der Waals surface area contributed by atoms with Crippen molar-refractivity contribution in [2.24, 2.45) is 0 Å². The van der Waals surface area contributed by atoms with E-state index in [0.717, 1.165) is 35.1 Å². The summed E-state index contributed by atoms with van der Waals surface area (Å²) in [5.41, 5.74) is 1.49. The van der Waals surface area contributed by atoms with E-state index < -0.39 is 0 Å². The topological polar surface area (TPSA) is 57.4 Å². The zero-order valence-electron chi connectivity index (χ0n) is 14.8. The molecule has 0 unspecified atom stereocenters. The quantitative estimate of drug-likeness (QED) is 0.803. The highest BCUT2D eigenvalue weighted by Crippen LogP contribution is 2.25. The summed E-state index contributed by atoms with van der Waals surface area (Å²) in [5, 5.41) is 4.75. The molecule has 1 aliphatic rings. The Hall–Kier alpha value is -2.08. The van der Waals surface area contributed by atoms with E-state index in [2.05, 4.69) is 15.2 Å². The second kappa shape index (κ2) is 7.87. The van der Waals surface area contributed by atoms with E-state index in [4.69, 9.17) is 17.0 Å². The molecule has 1 heterocycles. The van der Waals surface area contributed by atoms with E-state index in [1.165, 1.54) is 12.8 Å². The summed E-state index contributed by atoms with van der Waals surface area (Å²) in [5.74, 6) is 0.811. The van der Waals surface area contributed by atoms with E-state index in [-0.39, 0.29) is 5.56 Å². The summed E-state index contributed by atoms with van der Waals surface area (Å²) in [4.78, 5) is 17.7. The van der Waals surface area contributed by atoms with Crippen molar-refractivity contribution in [2.45, 2.75) is 45.2 Å². The Balaban J connectivity index is 1.93. The number of pyridine rings is 1. The third-order valence-electron chi connectivity index (χ3n) is 4.78. The molecule has 2 aromatic rings. The third-order valence-corrected chi connectivity index (χ3v) is 5.22. The van der Waals surface area contributed by atoms with Gasteiger partial charge in [0.15, 0.2) is 5.11 Å². The Morgan fingerprint density at radius 3 is 2.80 bits per heavy atom. The highest BCUT2D eigenvalue weighted by atomic mass is 32.1. The minimum absolute atomic E-state index is 0.0569. The van der Waals surface area contributed by atoms with E-state index in [0.29, 0.717) is 24.3 Å². The summed E-state index contributed by atoms with van der Waals surface area (Å²) in [6, 6.07) is 8.09. The summed E-state index contributed by atoms with van der Waals surface area (Å²) in [6.07, 6.45) is 4.70. The fourth-order valence-electron chi connectivity index (χ4n) is 3.51. The molecule has 0 bridgehead atoms. The SMILES string of the molecule is CCOc1ccc2[nH]c(=O)c(CN(C(=S)NC)C3CCCC3)cc2c1. The Morgan fingerprint density at radius 1 is 1.36 bits per heavy atom. The first-order valence-electron chi connectivity index (χ1n) is 8.89. The van der Waals surface area contributed by atoms with Crippen LogP contribution in [0.5, 0.6) is 5.75 Å². The van der Waals surface area contributed by atoms with Crippen molar-refractivity contribution in [3.05, 3.63) is 40.2 Å². The van der Waals surface area contributed by atoms with Crippen LogP contribution in [0.25, 0.3) is 10.9 Å². The van der Waals surface area contributed by atoms with Gasteiger partial charge in [-0.25, -0.2) is 0 Å². The molecule has 1 aromatic heterocycles. The molecule has 25 heavy (non-hydrogen) atoms. The van der Waals surface area contributed by atoms with Gasteiger partial charge in [-0.1, -0.05) is 12.8 Å². The van der Waals surface area contributed by atoms with Gasteiger partial charge in [0.05, 0.1) is 13.2 Å². The molecule has 0 saturated heterocycles. The first-order chi connectivity index (χ1) is 12.1. The molecule has 0 atom stereocenters. The van der Waals surface area contributed by atoms with Crippen molar-refractivity contribution in [3.63, 3.8) is 0 Å². The van der Waals surface area contributed by atoms with E-state index >= 15 is 0 Å². The van der Waals surface area contributed by atoms with Gasteiger partial charge < -0.3 is 19.9 Å². The molecule has 5 nitrogen and oxygen atoms in total. The van der Waals surface area contributed by atoms with Crippen LogP contribution < -0.4 is 15.6 Å². The summed E-state index contributed by atoms with van der Waals surface area (Å²) in [6.45, 7) is 3.10. The van der Waals surface area contributed by atoms with Crippen molar-refractivity contribution in [1.29, 1.82) is 0 Å². The minimum Gasteiger partial charge on any atom is -0.494 e. The number of rotatable bonds is 5. The zero-order valence-corrected chi connectivity index (χ0v) is 15.6. The lowest BCUT2D eigenvalue weighted by molar-refractivity contribution is 0.304. The smallest absolute Gasteiger partial charge is 0.253 e. The van der Waals surface area contributed by atoms with Crippen LogP contribution in [0.15, 0.2) is 29.1 Å². The maximum atomic E-state index is 12.5. The van der Waals surface area contributed by atoms with Gasteiger partial charge in [0, 0.05) is 29.6 Å². The highest BCUT2D eigenvalue weighted by Gasteiger charge is 2.25. The van der Waals surface area contributed by atoms with Crippen molar-refractivity contribution < 1.29 is 4.74 Å². The van der Waals surface area contributed by atoms with Gasteiger partial charge >= 0.3 is 0 Å². The lowest BCUT2D eigenvalue weighted by atomic mass is 10.1. The fourth-order valence-corrected chi connectivity index (χ4v) is 3.73. The molecule has 3 rings (SSSR count). The van der Waals surface area contributed by atoms with Gasteiger partial charge in [-0.15, -0.1) is 0 Å². The van der Waals surface area contributed by atoms with Crippen LogP contribution in [0.3, 0.4) is 0 Å². The highest BCUT2D eigenvalue weighted by molar-refractivity contribution is 7.80. The number of benzene rings is 1. The van der Waals surface area contributed by atoms with Gasteiger partial charge in [-0.05, 0) is 56.2 Å². The van der Waals surface area contributed by atoms with E-state index in [9.17, 15) is 4.79 Å². The van der Waals surface area contributed by atoms with Gasteiger partial charge in [-0.2, -0.15) is 0 Å². The number of aromatic nitrogens is 1. The average molecular weight is 359 g/mol. The van der Waals surface area contributed by atoms with Gasteiger partial charge in [0.1, 0.15) is 5.75 Å². The molecule has 0 spiro atoms. The van der Waals surface area contributed by atoms with Crippen LogP contribution in [0.2, 0.25) is 0 Å². The molecular formula is C19H25N3O2S. The molecule has 6 heteroatoms. The number of aromatic amines is 1. The molecule has 1 aromatic carbocycles. The predicted octanol–water partition coefficient (Wildman–Crippen LogP) is 3.18. The number of thiocarbonyl (C=S) groups is 1. The molecule has 0 amide bonds. The van der Waals surface area contributed by atoms with Crippen LogP contribution >= 0.6 is 12.2 Å². The molecule has 0 radical (unpaired) electrons. The Bertz CT molecular complexity index is 812. The zero-order chi connectivity index (χ0) is 17.8. The van der Waals surface area contributed by atoms with Crippen molar-refractivity contribution in [1.82, 2.24) is 15.2 Å². The van der Waals surface area contributed by atoms with Crippen molar-refractivity contribution in [3.8, 4) is 5.75 Å². The number of nitrogens with one attached hydrogen (secondary N) is 2. The number of nitrogens with zero attached hydrogens (tertiary/aromatic N) is 1. The van der Waals surface area contributed by atoms with Crippen LogP contribution in [0, 0.1) is 0 Å². The maximum absolute atomic E-state index is 12.5. The van der Waals surface area contributed by atoms with Crippen LogP contribution in [-0.2, 0) is 6.54 Å². The maximum Gasteiger partial charge on any atom is 0.253 e. The summed E-state index contributed by atoms with van der Waals surface area (Å²) >= 11 is 5.49. The standard InChI is InChI=1S/C19H25N3O2S/c1-3-24-16-8-9-17-13(11-16)10-14(18(23)21-17)12-22(19(25)20-2)15-6-4-5-7-15/h8-11,15H,3-7,12H2,1-2H3,(H,20,25)(H,21,23). The summed E-state index contributed by atoms with van der Waals surface area (Å²) in [7, 11) is 1.84. The van der Waals surface area contributed by atoms with Crippen LogP contribution in [0.1, 0.15) is 38.2 Å². The summed E-state index contributed by atoms with van der Waals surface area (Å²) < 4.78 is 5.57. The number of hydrogen-bond acceptors (Lipinski definition) is 3. The minimum atomic E-state index is -0.0569. The molecule has 1 aliphatic carbocycles. The molecule has 1 fully saturated rings. The van der Waals surface area contributed by atoms with E-state index in [1.807, 2.05) is 38.2 Å². The number of H-pyrrole nitrogens is 1. The van der Waals surface area contributed by atoms with Crippen molar-refractivity contribution in [2.75, 3.05) is 13.7 Å². The lowest BCUT2D eigenvalue weighted by Crippen LogP contribution is -2.44. The lowest BCUT2D eigenvalue weighted by Gasteiger charge is -2.31. The molecule has 0 aliphatic heterocycles. The van der Waals surface area contributed by atoms with Gasteiger partial charge in [0.2, 0.25) is 0 Å². The Kier molecular flexibility index (Phi) is 5.58. The van der Waals surface area contributed by atoms with Crippen LogP contribution in [-0.4, -0.2) is 34.7 Å². The Morgan fingerprint density at radius 2 is 2.12 bits per heavy atom. The largest absolute Gasteiger partial charge is 0.494 e. The normalized spacial score (nSPS) is 14.6. The van der Waals surface area contributed by atoms with Crippen molar-refractivity contribution >= 4 is 28.2 Å². The molecule has 1 saturated carbocycles. The second-order valence-corrected chi connectivity index (χ2v) is 6.81. The van der Waals surface area contributed by atoms with Gasteiger partial charge in [-0.3, -0.25) is 4.79 Å². The fraction of sp³-hybridized carbons (Fsp3) is 0.474. The molecule has 134 valence electrons. The third kappa shape index (κ3) is 3.95. The number of ether oxygens (including phenoxy) is 1. The monoisotopic (exact) mass is 359 g/mol. The van der Waals surface area contributed by atoms with E-state index in [1.54, 1.807) is 0 Å². The van der Waals surface area contributed by atoms with Gasteiger partial charge in [0.25, 0.3) is 5.56 Å². The molecule has 2 N–H and O–H groups in total. The second-order valence-electron chi connectivity index (χ2n) is 6.43. The average Bonchev–Trinajstić information content (AvgIpc) is 3.14. The Labute approximate surface area is 153 Å². The van der Waals surface area contributed by atoms with Crippen LogP contribution in [0.4, 0.5) is 0 Å². The predicted molar refractivity (Wildman–Crippen MR) is 105 cm³/mol.